The topological polar surface area (TPSA) is 0 Å². The Morgan fingerprint density at radius 3 is 2.25 bits per heavy atom. The molecule has 1 heteroatoms. The third kappa shape index (κ3) is 1.81. The molecule has 0 aliphatic carbocycles. The van der Waals surface area contributed by atoms with Gasteiger partial charge in [-0.1, -0.05) is 11.6 Å². The van der Waals surface area contributed by atoms with Gasteiger partial charge in [0.05, 0.1) is 0 Å². The highest BCUT2D eigenvalue weighted by molar-refractivity contribution is 6.25. The molecule has 21 valence electrons. The van der Waals surface area contributed by atoms with Crippen LogP contribution in [0.15, 0.2) is 11.3 Å². The normalized spacial score (nSPS) is 4.25. The fourth-order valence-corrected chi connectivity index (χ4v) is 0. The van der Waals surface area contributed by atoms with Crippen LogP contribution < -0.4 is 0 Å². The van der Waals surface area contributed by atoms with Crippen LogP contribution in [0.2, 0.25) is 0 Å². The van der Waals surface area contributed by atoms with Gasteiger partial charge in [0.15, 0.2) is 0 Å². The van der Waals surface area contributed by atoms with Crippen molar-refractivity contribution in [2.75, 3.05) is 0 Å². The molecule has 0 nitrogen and oxygen atoms in total. The van der Waals surface area contributed by atoms with Crippen LogP contribution in [0.5, 0.6) is 0 Å². The molecule has 0 aromatic heterocycles. The standard InChI is InChI=1S/C3H2Cl/c1-2-3-4/h1,3H. The summed E-state index contributed by atoms with van der Waals surface area (Å²) in [5.74, 6) is 0. The van der Waals surface area contributed by atoms with E-state index in [2.05, 4.69) is 12.3 Å². The molecule has 1 radical (unpaired) electrons. The molecule has 0 atom stereocenters. The largest absolute Gasteiger partial charge is 0.108 e. The van der Waals surface area contributed by atoms with Crippen LogP contribution in [-0.4, -0.2) is 0 Å². The first-order valence-electron chi connectivity index (χ1n) is 0.796. The first kappa shape index (κ1) is 3.81. The first-order chi connectivity index (χ1) is 1.91. The molecule has 0 spiro atoms. The molecule has 4 heavy (non-hydrogen) atoms. The van der Waals surface area contributed by atoms with Crippen LogP contribution in [0, 0.1) is 6.58 Å². The highest BCUT2D eigenvalue weighted by atomic mass is 35.5. The molecule has 0 saturated heterocycles. The Kier molecular flexibility index (Phi) is 2.68. The monoisotopic (exact) mass is 73.0 g/mol. The molecule has 0 amide bonds. The third-order valence-electron chi connectivity index (χ3n) is 0.0630. The van der Waals surface area contributed by atoms with Crippen LogP contribution >= 0.6 is 11.6 Å². The predicted octanol–water partition coefficient (Wildman–Crippen LogP) is 1.33. The lowest BCUT2D eigenvalue weighted by Crippen LogP contribution is -1.06. The summed E-state index contributed by atoms with van der Waals surface area (Å²) in [6.07, 6.45) is 0. The average molecular weight is 73.5 g/mol. The summed E-state index contributed by atoms with van der Waals surface area (Å²) in [5.41, 5.74) is 3.20. The lowest BCUT2D eigenvalue weighted by molar-refractivity contribution is 2.36. The van der Waals surface area contributed by atoms with Gasteiger partial charge in [-0.2, -0.15) is 0 Å². The van der Waals surface area contributed by atoms with Crippen molar-refractivity contribution in [2.45, 2.75) is 0 Å². The van der Waals surface area contributed by atoms with Crippen molar-refractivity contribution in [3.05, 3.63) is 17.8 Å². The average Bonchev–Trinajstić information content (AvgIpc) is 1.37. The maximum atomic E-state index is 4.82. The van der Waals surface area contributed by atoms with Crippen LogP contribution in [0.25, 0.3) is 0 Å². The lowest BCUT2D eigenvalue weighted by Gasteiger charge is -1.34. The Hall–Kier alpha value is -0.190. The molecular formula is C3H2Cl. The van der Waals surface area contributed by atoms with Gasteiger partial charge < -0.3 is 0 Å². The van der Waals surface area contributed by atoms with E-state index in [0.717, 1.165) is 5.54 Å². The number of halogens is 1. The SMILES string of the molecule is [CH]=C=CCl. The third-order valence-corrected chi connectivity index (χ3v) is 0.189. The van der Waals surface area contributed by atoms with Gasteiger partial charge in [0.25, 0.3) is 0 Å². The highest BCUT2D eigenvalue weighted by Crippen LogP contribution is 1.64. The summed E-state index contributed by atoms with van der Waals surface area (Å²) in [4.78, 5) is 0. The Bertz CT molecular complexity index is 41.2. The zero-order valence-electron chi connectivity index (χ0n) is 2.03. The maximum absolute atomic E-state index is 4.82. The van der Waals surface area contributed by atoms with E-state index in [1.165, 1.54) is 0 Å². The van der Waals surface area contributed by atoms with Crippen molar-refractivity contribution in [2.24, 2.45) is 0 Å². The zero-order valence-corrected chi connectivity index (χ0v) is 2.79. The molecule has 0 rings (SSSR count). The molecule has 0 bridgehead atoms. The van der Waals surface area contributed by atoms with E-state index in [4.69, 9.17) is 11.6 Å². The fourth-order valence-electron chi connectivity index (χ4n) is 0. The summed E-state index contributed by atoms with van der Waals surface area (Å²) in [6.45, 7) is 4.59. The van der Waals surface area contributed by atoms with Gasteiger partial charge in [-0.15, -0.1) is 5.73 Å². The lowest BCUT2D eigenvalue weighted by atomic mass is 11.0. The Morgan fingerprint density at radius 1 is 2.00 bits per heavy atom. The summed E-state index contributed by atoms with van der Waals surface area (Å²) in [5, 5.41) is 0. The molecule has 0 saturated carbocycles. The van der Waals surface area contributed by atoms with Gasteiger partial charge in [0.1, 0.15) is 0 Å². The summed E-state index contributed by atoms with van der Waals surface area (Å²) in [7, 11) is 0. The quantitative estimate of drug-likeness (QED) is 0.380. The Labute approximate surface area is 30.4 Å². The number of hydrogen-bond acceptors (Lipinski definition) is 0. The van der Waals surface area contributed by atoms with Gasteiger partial charge in [0, 0.05) is 5.54 Å². The van der Waals surface area contributed by atoms with Crippen molar-refractivity contribution >= 4 is 11.6 Å². The van der Waals surface area contributed by atoms with Gasteiger partial charge >= 0.3 is 0 Å². The van der Waals surface area contributed by atoms with E-state index in [1.54, 1.807) is 0 Å². The molecule has 0 aliphatic rings. The van der Waals surface area contributed by atoms with Crippen molar-refractivity contribution in [1.29, 1.82) is 0 Å². The van der Waals surface area contributed by atoms with Crippen molar-refractivity contribution in [3.63, 3.8) is 0 Å². The second-order valence-corrected chi connectivity index (χ2v) is 0.494. The minimum atomic E-state index is 1.12. The molecule has 0 heterocycles. The fraction of sp³-hybridized carbons (Fsp3) is 0. The predicted molar refractivity (Wildman–Crippen MR) is 18.2 cm³/mol. The van der Waals surface area contributed by atoms with Crippen LogP contribution in [-0.2, 0) is 0 Å². The number of rotatable bonds is 0. The van der Waals surface area contributed by atoms with Gasteiger partial charge in [-0.3, -0.25) is 0 Å². The molecule has 0 aromatic carbocycles. The molecule has 0 aromatic rings. The van der Waals surface area contributed by atoms with Gasteiger partial charge in [0.2, 0.25) is 0 Å². The van der Waals surface area contributed by atoms with E-state index >= 15 is 0 Å². The second kappa shape index (κ2) is 2.81. The second-order valence-electron chi connectivity index (χ2n) is 0.276. The van der Waals surface area contributed by atoms with E-state index in [9.17, 15) is 0 Å². The molecular weight excluding hydrogens is 71.5 g/mol. The molecule has 0 unspecified atom stereocenters. The minimum absolute atomic E-state index is 1.12. The van der Waals surface area contributed by atoms with E-state index in [1.807, 2.05) is 0 Å². The van der Waals surface area contributed by atoms with Gasteiger partial charge in [-0.25, -0.2) is 0 Å². The number of hydrogen-bond donors (Lipinski definition) is 0. The minimum Gasteiger partial charge on any atom is -0.108 e. The Morgan fingerprint density at radius 2 is 2.25 bits per heavy atom. The highest BCUT2D eigenvalue weighted by Gasteiger charge is 1.28. The van der Waals surface area contributed by atoms with Crippen molar-refractivity contribution in [3.8, 4) is 0 Å². The van der Waals surface area contributed by atoms with Crippen LogP contribution in [0.1, 0.15) is 0 Å². The van der Waals surface area contributed by atoms with Crippen LogP contribution in [0.3, 0.4) is 0 Å². The van der Waals surface area contributed by atoms with E-state index < -0.39 is 0 Å². The Balaban J connectivity index is 3.11. The van der Waals surface area contributed by atoms with Gasteiger partial charge in [-0.05, 0) is 6.58 Å². The molecule has 0 N–H and O–H groups in total. The first-order valence-corrected chi connectivity index (χ1v) is 1.23. The zero-order chi connectivity index (χ0) is 3.41. The van der Waals surface area contributed by atoms with E-state index in [-0.39, 0.29) is 0 Å². The molecule has 0 aliphatic heterocycles. The van der Waals surface area contributed by atoms with Crippen molar-refractivity contribution < 1.29 is 0 Å². The smallest absolute Gasteiger partial charge is 0.0462 e. The van der Waals surface area contributed by atoms with E-state index in [0.29, 0.717) is 0 Å². The maximum Gasteiger partial charge on any atom is 0.0462 e. The summed E-state index contributed by atoms with van der Waals surface area (Å²) < 4.78 is 0. The summed E-state index contributed by atoms with van der Waals surface area (Å²) in [6, 6.07) is 0. The summed E-state index contributed by atoms with van der Waals surface area (Å²) >= 11 is 4.82. The van der Waals surface area contributed by atoms with Crippen LogP contribution in [0.4, 0.5) is 0 Å². The van der Waals surface area contributed by atoms with Crippen molar-refractivity contribution in [1.82, 2.24) is 0 Å². The molecule has 0 fully saturated rings.